The van der Waals surface area contributed by atoms with E-state index in [1.54, 1.807) is 49.6 Å². The van der Waals surface area contributed by atoms with E-state index in [1.807, 2.05) is 13.8 Å². The molecule has 1 heterocycles. The number of nitrogens with zero attached hydrogens (tertiary/aromatic N) is 1. The van der Waals surface area contributed by atoms with Gasteiger partial charge in [-0.25, -0.2) is 4.98 Å². The lowest BCUT2D eigenvalue weighted by molar-refractivity contribution is -0.121. The number of hydrogen-bond acceptors (Lipinski definition) is 5. The Morgan fingerprint density at radius 1 is 1.35 bits per heavy atom. The zero-order valence-corrected chi connectivity index (χ0v) is 14.6. The van der Waals surface area contributed by atoms with E-state index >= 15 is 0 Å². The summed E-state index contributed by atoms with van der Waals surface area (Å²) in [6.45, 7) is 5.67. The van der Waals surface area contributed by atoms with Crippen LogP contribution >= 0.6 is 11.3 Å². The zero-order chi connectivity index (χ0) is 17.0. The summed E-state index contributed by atoms with van der Waals surface area (Å²) in [5.41, 5.74) is 1.54. The first-order valence-electron chi connectivity index (χ1n) is 7.45. The lowest BCUT2D eigenvalue weighted by Gasteiger charge is -2.20. The number of ether oxygens (including phenoxy) is 1. The number of amides is 1. The number of benzene rings is 1. The maximum absolute atomic E-state index is 12.1. The molecule has 1 aromatic heterocycles. The number of nitrogens with one attached hydrogen (secondary N) is 1. The van der Waals surface area contributed by atoms with Gasteiger partial charge in [-0.2, -0.15) is 0 Å². The van der Waals surface area contributed by atoms with E-state index in [9.17, 15) is 9.90 Å². The number of carbonyl (C=O) groups is 1. The Morgan fingerprint density at radius 2 is 2.00 bits per heavy atom. The molecule has 0 aliphatic carbocycles. The summed E-state index contributed by atoms with van der Waals surface area (Å²) in [4.78, 5) is 17.6. The third kappa shape index (κ3) is 4.53. The summed E-state index contributed by atoms with van der Waals surface area (Å²) in [5, 5.41) is 14.1. The van der Waals surface area contributed by atoms with Crippen LogP contribution in [0.3, 0.4) is 0 Å². The zero-order valence-electron chi connectivity index (χ0n) is 13.8. The number of rotatable bonds is 6. The van der Waals surface area contributed by atoms with Gasteiger partial charge in [0.05, 0.1) is 36.4 Å². The minimum atomic E-state index is -0.775. The van der Waals surface area contributed by atoms with E-state index in [4.69, 9.17) is 4.74 Å². The molecule has 0 aliphatic rings. The van der Waals surface area contributed by atoms with Gasteiger partial charge in [0, 0.05) is 4.88 Å². The standard InChI is InChI=1S/C17H22N2O3S/c1-10(17(21)13-5-7-14(22-4)8-6-13)18-16(20)9-15-11(2)23-12(3)19-15/h5-8,10,17,21H,9H2,1-4H3,(H,18,20). The molecule has 2 rings (SSSR count). The molecule has 2 aromatic rings. The van der Waals surface area contributed by atoms with Crippen molar-refractivity contribution in [2.45, 2.75) is 39.3 Å². The predicted octanol–water partition coefficient (Wildman–Crippen LogP) is 2.55. The molecule has 6 heteroatoms. The molecule has 2 N–H and O–H groups in total. The van der Waals surface area contributed by atoms with Gasteiger partial charge < -0.3 is 15.2 Å². The molecule has 0 spiro atoms. The molecule has 1 aromatic carbocycles. The number of hydrogen-bond donors (Lipinski definition) is 2. The van der Waals surface area contributed by atoms with E-state index < -0.39 is 12.1 Å². The molecular weight excluding hydrogens is 312 g/mol. The first kappa shape index (κ1) is 17.4. The highest BCUT2D eigenvalue weighted by atomic mass is 32.1. The average molecular weight is 334 g/mol. The van der Waals surface area contributed by atoms with Gasteiger partial charge in [-0.15, -0.1) is 11.3 Å². The van der Waals surface area contributed by atoms with Crippen molar-refractivity contribution < 1.29 is 14.6 Å². The number of aliphatic hydroxyl groups is 1. The highest BCUT2D eigenvalue weighted by molar-refractivity contribution is 7.11. The molecule has 2 atom stereocenters. The van der Waals surface area contributed by atoms with E-state index in [0.29, 0.717) is 0 Å². The van der Waals surface area contributed by atoms with Gasteiger partial charge >= 0.3 is 0 Å². The van der Waals surface area contributed by atoms with Crippen molar-refractivity contribution in [3.05, 3.63) is 45.4 Å². The second-order valence-electron chi connectivity index (χ2n) is 5.49. The second kappa shape index (κ2) is 7.57. The maximum atomic E-state index is 12.1. The van der Waals surface area contributed by atoms with Crippen LogP contribution in [0.25, 0.3) is 0 Å². The Kier molecular flexibility index (Phi) is 5.74. The summed E-state index contributed by atoms with van der Waals surface area (Å²) >= 11 is 1.58. The Bertz CT molecular complexity index is 667. The first-order valence-corrected chi connectivity index (χ1v) is 8.26. The van der Waals surface area contributed by atoms with Gasteiger partial charge in [0.1, 0.15) is 5.75 Å². The van der Waals surface area contributed by atoms with Crippen molar-refractivity contribution in [2.75, 3.05) is 7.11 Å². The molecule has 0 saturated heterocycles. The molecule has 2 unspecified atom stereocenters. The Hall–Kier alpha value is -1.92. The average Bonchev–Trinajstić information content (AvgIpc) is 2.84. The predicted molar refractivity (Wildman–Crippen MR) is 90.9 cm³/mol. The van der Waals surface area contributed by atoms with Crippen LogP contribution in [-0.4, -0.2) is 29.1 Å². The summed E-state index contributed by atoms with van der Waals surface area (Å²) in [6.07, 6.45) is -0.543. The molecule has 0 bridgehead atoms. The van der Waals surface area contributed by atoms with Crippen molar-refractivity contribution in [1.29, 1.82) is 0 Å². The number of thiazole rings is 1. The highest BCUT2D eigenvalue weighted by Crippen LogP contribution is 2.21. The van der Waals surface area contributed by atoms with E-state index in [-0.39, 0.29) is 12.3 Å². The van der Waals surface area contributed by atoms with Crippen LogP contribution in [0, 0.1) is 13.8 Å². The molecule has 1 amide bonds. The monoisotopic (exact) mass is 334 g/mol. The van der Waals surface area contributed by atoms with Crippen LogP contribution in [-0.2, 0) is 11.2 Å². The number of carbonyl (C=O) groups excluding carboxylic acids is 1. The maximum Gasteiger partial charge on any atom is 0.226 e. The van der Waals surface area contributed by atoms with Crippen LogP contribution in [0.5, 0.6) is 5.75 Å². The van der Waals surface area contributed by atoms with Crippen LogP contribution in [0.15, 0.2) is 24.3 Å². The van der Waals surface area contributed by atoms with Crippen molar-refractivity contribution in [3.63, 3.8) is 0 Å². The largest absolute Gasteiger partial charge is 0.497 e. The van der Waals surface area contributed by atoms with Crippen LogP contribution in [0.2, 0.25) is 0 Å². The highest BCUT2D eigenvalue weighted by Gasteiger charge is 2.19. The SMILES string of the molecule is COc1ccc(C(O)C(C)NC(=O)Cc2nc(C)sc2C)cc1. The van der Waals surface area contributed by atoms with E-state index in [1.165, 1.54) is 0 Å². The fourth-order valence-electron chi connectivity index (χ4n) is 2.36. The van der Waals surface area contributed by atoms with Crippen molar-refractivity contribution in [3.8, 4) is 5.75 Å². The number of aryl methyl sites for hydroxylation is 2. The third-order valence-corrected chi connectivity index (χ3v) is 4.58. The Balaban J connectivity index is 1.95. The van der Waals surface area contributed by atoms with Crippen LogP contribution < -0.4 is 10.1 Å². The second-order valence-corrected chi connectivity index (χ2v) is 6.89. The van der Waals surface area contributed by atoms with Crippen LogP contribution in [0.1, 0.15) is 34.2 Å². The molecule has 0 fully saturated rings. The normalized spacial score (nSPS) is 13.4. The summed E-state index contributed by atoms with van der Waals surface area (Å²) in [6, 6.07) is 6.76. The summed E-state index contributed by atoms with van der Waals surface area (Å²) < 4.78 is 5.10. The van der Waals surface area contributed by atoms with Crippen molar-refractivity contribution >= 4 is 17.2 Å². The quantitative estimate of drug-likeness (QED) is 0.852. The Morgan fingerprint density at radius 3 is 2.52 bits per heavy atom. The summed E-state index contributed by atoms with van der Waals surface area (Å²) in [5.74, 6) is 0.588. The molecular formula is C17H22N2O3S. The number of aromatic nitrogens is 1. The summed E-state index contributed by atoms with van der Waals surface area (Å²) in [7, 11) is 1.59. The van der Waals surface area contributed by atoms with E-state index in [2.05, 4.69) is 10.3 Å². The minimum Gasteiger partial charge on any atom is -0.497 e. The Labute approximate surface area is 140 Å². The van der Waals surface area contributed by atoms with Gasteiger partial charge in [0.2, 0.25) is 5.91 Å². The smallest absolute Gasteiger partial charge is 0.226 e. The van der Waals surface area contributed by atoms with Gasteiger partial charge in [-0.3, -0.25) is 4.79 Å². The lowest BCUT2D eigenvalue weighted by Crippen LogP contribution is -2.38. The molecule has 0 radical (unpaired) electrons. The lowest BCUT2D eigenvalue weighted by atomic mass is 10.0. The minimum absolute atomic E-state index is 0.140. The topological polar surface area (TPSA) is 71.5 Å². The fraction of sp³-hybridized carbons (Fsp3) is 0.412. The molecule has 0 saturated carbocycles. The molecule has 23 heavy (non-hydrogen) atoms. The van der Waals surface area contributed by atoms with Gasteiger partial charge in [0.25, 0.3) is 0 Å². The number of aliphatic hydroxyl groups excluding tert-OH is 1. The fourth-order valence-corrected chi connectivity index (χ4v) is 3.20. The van der Waals surface area contributed by atoms with Crippen molar-refractivity contribution in [1.82, 2.24) is 10.3 Å². The van der Waals surface area contributed by atoms with Crippen molar-refractivity contribution in [2.24, 2.45) is 0 Å². The van der Waals surface area contributed by atoms with E-state index in [0.717, 1.165) is 26.9 Å². The van der Waals surface area contributed by atoms with Gasteiger partial charge in [-0.05, 0) is 38.5 Å². The first-order chi connectivity index (χ1) is 10.9. The van der Waals surface area contributed by atoms with Gasteiger partial charge in [-0.1, -0.05) is 12.1 Å². The molecule has 0 aliphatic heterocycles. The third-order valence-electron chi connectivity index (χ3n) is 3.65. The molecule has 5 nitrogen and oxygen atoms in total. The molecule has 124 valence electrons. The van der Waals surface area contributed by atoms with Crippen LogP contribution in [0.4, 0.5) is 0 Å². The number of methoxy groups -OCH3 is 1. The van der Waals surface area contributed by atoms with Gasteiger partial charge in [0.15, 0.2) is 0 Å².